The first-order chi connectivity index (χ1) is 7.58. The molecule has 5 heteroatoms. The predicted octanol–water partition coefficient (Wildman–Crippen LogP) is 1.68. The maximum absolute atomic E-state index is 12.5. The quantitative estimate of drug-likeness (QED) is 0.749. The molecule has 16 heavy (non-hydrogen) atoms. The monoisotopic (exact) mass is 225 g/mol. The van der Waals surface area contributed by atoms with Gasteiger partial charge in [0.15, 0.2) is 0 Å². The number of carbonyl (C=O) groups excluding carboxylic acids is 1. The fourth-order valence-electron chi connectivity index (χ4n) is 1.26. The van der Waals surface area contributed by atoms with Crippen LogP contribution in [0, 0.1) is 5.95 Å². The second-order valence-electron chi connectivity index (χ2n) is 3.79. The molecule has 3 N–H and O–H groups in total. The molecular weight excluding hydrogens is 209 g/mol. The van der Waals surface area contributed by atoms with Gasteiger partial charge in [-0.05, 0) is 31.9 Å². The van der Waals surface area contributed by atoms with Crippen LogP contribution in [0.1, 0.15) is 26.2 Å². The van der Waals surface area contributed by atoms with Gasteiger partial charge in [-0.15, -0.1) is 0 Å². The minimum absolute atomic E-state index is 0.103. The van der Waals surface area contributed by atoms with Crippen LogP contribution in [-0.2, 0) is 4.79 Å². The minimum atomic E-state index is -0.560. The van der Waals surface area contributed by atoms with E-state index < -0.39 is 5.95 Å². The highest BCUT2D eigenvalue weighted by molar-refractivity contribution is 5.90. The number of nitrogens with zero attached hydrogens (tertiary/aromatic N) is 1. The van der Waals surface area contributed by atoms with Gasteiger partial charge in [0.2, 0.25) is 11.9 Å². The lowest BCUT2D eigenvalue weighted by Gasteiger charge is -2.06. The molecule has 0 aliphatic rings. The van der Waals surface area contributed by atoms with Crippen molar-refractivity contribution in [2.45, 2.75) is 32.2 Å². The Bertz CT molecular complexity index is 338. The summed E-state index contributed by atoms with van der Waals surface area (Å²) in [7, 11) is 0. The summed E-state index contributed by atoms with van der Waals surface area (Å²) in [5.41, 5.74) is 6.07. The molecule has 0 aromatic carbocycles. The van der Waals surface area contributed by atoms with Gasteiger partial charge >= 0.3 is 0 Å². The van der Waals surface area contributed by atoms with Gasteiger partial charge in [0.05, 0.1) is 11.9 Å². The molecule has 0 saturated heterocycles. The van der Waals surface area contributed by atoms with Crippen molar-refractivity contribution in [1.29, 1.82) is 0 Å². The number of hydrogen-bond donors (Lipinski definition) is 2. The summed E-state index contributed by atoms with van der Waals surface area (Å²) in [6.45, 7) is 1.90. The van der Waals surface area contributed by atoms with Gasteiger partial charge in [-0.1, -0.05) is 0 Å². The molecular formula is C11H16FN3O. The number of aromatic nitrogens is 1. The molecule has 1 aromatic heterocycles. The summed E-state index contributed by atoms with van der Waals surface area (Å²) in [4.78, 5) is 14.8. The topological polar surface area (TPSA) is 68.0 Å². The zero-order valence-corrected chi connectivity index (χ0v) is 9.24. The molecule has 1 amide bonds. The highest BCUT2D eigenvalue weighted by atomic mass is 19.1. The van der Waals surface area contributed by atoms with Crippen LogP contribution in [0.2, 0.25) is 0 Å². The summed E-state index contributed by atoms with van der Waals surface area (Å²) in [5.74, 6) is -0.663. The smallest absolute Gasteiger partial charge is 0.224 e. The van der Waals surface area contributed by atoms with E-state index in [1.54, 1.807) is 0 Å². The van der Waals surface area contributed by atoms with Gasteiger partial charge in [-0.25, -0.2) is 4.98 Å². The molecule has 0 aliphatic heterocycles. The molecule has 0 radical (unpaired) electrons. The SMILES string of the molecule is CC(N)CCCC(=O)Nc1ccc(F)nc1. The van der Waals surface area contributed by atoms with Gasteiger partial charge in [0.1, 0.15) is 0 Å². The van der Waals surface area contributed by atoms with Gasteiger partial charge in [-0.2, -0.15) is 4.39 Å². The maximum atomic E-state index is 12.5. The van der Waals surface area contributed by atoms with E-state index in [1.165, 1.54) is 18.3 Å². The van der Waals surface area contributed by atoms with Crippen molar-refractivity contribution in [3.05, 3.63) is 24.3 Å². The Balaban J connectivity index is 2.31. The Morgan fingerprint density at radius 2 is 2.38 bits per heavy atom. The lowest BCUT2D eigenvalue weighted by atomic mass is 10.1. The number of carbonyl (C=O) groups is 1. The van der Waals surface area contributed by atoms with Crippen molar-refractivity contribution in [3.63, 3.8) is 0 Å². The van der Waals surface area contributed by atoms with Crippen molar-refractivity contribution in [3.8, 4) is 0 Å². The molecule has 0 fully saturated rings. The second-order valence-corrected chi connectivity index (χ2v) is 3.79. The molecule has 0 aliphatic carbocycles. The molecule has 1 rings (SSSR count). The predicted molar refractivity (Wildman–Crippen MR) is 60.3 cm³/mol. The molecule has 1 atom stereocenters. The third-order valence-corrected chi connectivity index (χ3v) is 2.07. The zero-order valence-electron chi connectivity index (χ0n) is 9.24. The third-order valence-electron chi connectivity index (χ3n) is 2.07. The molecule has 1 aromatic rings. The maximum Gasteiger partial charge on any atom is 0.224 e. The summed E-state index contributed by atoms with van der Waals surface area (Å²) in [6, 6.07) is 2.80. The highest BCUT2D eigenvalue weighted by Crippen LogP contribution is 2.07. The number of nitrogens with one attached hydrogen (secondary N) is 1. The van der Waals surface area contributed by atoms with Crippen molar-refractivity contribution in [1.82, 2.24) is 4.98 Å². The Kier molecular flexibility index (Phi) is 4.85. The van der Waals surface area contributed by atoms with Crippen molar-refractivity contribution in [2.24, 2.45) is 5.73 Å². The Morgan fingerprint density at radius 1 is 1.62 bits per heavy atom. The fraction of sp³-hybridized carbons (Fsp3) is 0.455. The van der Waals surface area contributed by atoms with E-state index in [0.29, 0.717) is 12.1 Å². The molecule has 0 saturated carbocycles. The largest absolute Gasteiger partial charge is 0.328 e. The van der Waals surface area contributed by atoms with Crippen molar-refractivity contribution < 1.29 is 9.18 Å². The van der Waals surface area contributed by atoms with E-state index in [9.17, 15) is 9.18 Å². The van der Waals surface area contributed by atoms with E-state index in [2.05, 4.69) is 10.3 Å². The lowest BCUT2D eigenvalue weighted by Crippen LogP contribution is -2.16. The van der Waals surface area contributed by atoms with Gasteiger partial charge in [0, 0.05) is 12.5 Å². The van der Waals surface area contributed by atoms with E-state index >= 15 is 0 Å². The van der Waals surface area contributed by atoms with Crippen LogP contribution in [-0.4, -0.2) is 16.9 Å². The molecule has 0 bridgehead atoms. The van der Waals surface area contributed by atoms with Gasteiger partial charge in [0.25, 0.3) is 0 Å². The number of amides is 1. The summed E-state index contributed by atoms with van der Waals surface area (Å²) >= 11 is 0. The van der Waals surface area contributed by atoms with E-state index in [-0.39, 0.29) is 11.9 Å². The number of halogens is 1. The van der Waals surface area contributed by atoms with Crippen molar-refractivity contribution >= 4 is 11.6 Å². The Labute approximate surface area is 94.1 Å². The molecule has 0 spiro atoms. The summed E-state index contributed by atoms with van der Waals surface area (Å²) < 4.78 is 12.5. The first-order valence-electron chi connectivity index (χ1n) is 5.25. The highest BCUT2D eigenvalue weighted by Gasteiger charge is 2.03. The summed E-state index contributed by atoms with van der Waals surface area (Å²) in [5, 5.41) is 2.63. The normalized spacial score (nSPS) is 12.2. The van der Waals surface area contributed by atoms with Crippen LogP contribution in [0.15, 0.2) is 18.3 Å². The molecule has 1 unspecified atom stereocenters. The van der Waals surface area contributed by atoms with Crippen LogP contribution < -0.4 is 11.1 Å². The molecule has 1 heterocycles. The van der Waals surface area contributed by atoms with E-state index in [1.807, 2.05) is 6.92 Å². The van der Waals surface area contributed by atoms with Crippen LogP contribution in [0.5, 0.6) is 0 Å². The summed E-state index contributed by atoms with van der Waals surface area (Å²) in [6.07, 6.45) is 3.27. The fourth-order valence-corrected chi connectivity index (χ4v) is 1.26. The van der Waals surface area contributed by atoms with Crippen LogP contribution in [0.4, 0.5) is 10.1 Å². The van der Waals surface area contributed by atoms with Gasteiger partial charge < -0.3 is 11.1 Å². The van der Waals surface area contributed by atoms with Crippen molar-refractivity contribution in [2.75, 3.05) is 5.32 Å². The zero-order chi connectivity index (χ0) is 12.0. The number of nitrogens with two attached hydrogens (primary N) is 1. The number of pyridine rings is 1. The molecule has 4 nitrogen and oxygen atoms in total. The van der Waals surface area contributed by atoms with E-state index in [0.717, 1.165) is 12.8 Å². The average Bonchev–Trinajstić information content (AvgIpc) is 2.21. The Morgan fingerprint density at radius 3 is 2.94 bits per heavy atom. The van der Waals surface area contributed by atoms with Crippen LogP contribution >= 0.6 is 0 Å². The number of anilines is 1. The van der Waals surface area contributed by atoms with Gasteiger partial charge in [-0.3, -0.25) is 4.79 Å². The van der Waals surface area contributed by atoms with Crippen LogP contribution in [0.3, 0.4) is 0 Å². The average molecular weight is 225 g/mol. The molecule has 88 valence electrons. The third kappa shape index (κ3) is 4.84. The van der Waals surface area contributed by atoms with E-state index in [4.69, 9.17) is 5.73 Å². The minimum Gasteiger partial charge on any atom is -0.328 e. The van der Waals surface area contributed by atoms with Crippen LogP contribution in [0.25, 0.3) is 0 Å². The first-order valence-corrected chi connectivity index (χ1v) is 5.25. The number of hydrogen-bond acceptors (Lipinski definition) is 3. The second kappa shape index (κ2) is 6.17. The lowest BCUT2D eigenvalue weighted by molar-refractivity contribution is -0.116. The number of rotatable bonds is 5. The first kappa shape index (κ1) is 12.6. The standard InChI is InChI=1S/C11H16FN3O/c1-8(13)3-2-4-11(16)15-9-5-6-10(12)14-7-9/h5-8H,2-4,13H2,1H3,(H,15,16). The Hall–Kier alpha value is -1.49.